The van der Waals surface area contributed by atoms with E-state index in [2.05, 4.69) is 47.7 Å². The quantitative estimate of drug-likeness (QED) is 0.149. The summed E-state index contributed by atoms with van der Waals surface area (Å²) in [5, 5.41) is 14.3. The van der Waals surface area contributed by atoms with Gasteiger partial charge in [-0.15, -0.1) is 0 Å². The first-order valence-electron chi connectivity index (χ1n) is 20.9. The van der Waals surface area contributed by atoms with Gasteiger partial charge < -0.3 is 25.2 Å². The number of rotatable bonds is 11. The molecule has 4 aromatic heterocycles. The van der Waals surface area contributed by atoms with Crippen LogP contribution in [0.1, 0.15) is 82.0 Å². The number of anilines is 3. The number of hydrogen-bond donors (Lipinski definition) is 3. The zero-order chi connectivity index (χ0) is 43.1. The smallest absolute Gasteiger partial charge is 0.294 e. The maximum atomic E-state index is 16.2. The Hall–Kier alpha value is -5.68. The van der Waals surface area contributed by atoms with Gasteiger partial charge in [0.15, 0.2) is 24.0 Å². The third-order valence-electron chi connectivity index (χ3n) is 12.4. The summed E-state index contributed by atoms with van der Waals surface area (Å²) in [5.74, 6) is 0.0918. The van der Waals surface area contributed by atoms with Gasteiger partial charge in [-0.1, -0.05) is 30.7 Å². The third kappa shape index (κ3) is 8.49. The van der Waals surface area contributed by atoms with Gasteiger partial charge in [0, 0.05) is 57.0 Å². The Morgan fingerprint density at radius 3 is 2.57 bits per heavy atom. The highest BCUT2D eigenvalue weighted by molar-refractivity contribution is 6.33. The SMILES string of the molecule is CNC(=O)COc1cc2cc(Nc3nc(N4CCC(CN5CCC(c6ccc7c(C8CCC(=O)NC8=O)nn(C)c7c6F)CC5)C(C)C4)ncc3Cl)cnc2n(C(C)C)c1=O. The lowest BCUT2D eigenvalue weighted by Gasteiger charge is -2.41. The van der Waals surface area contributed by atoms with Crippen LogP contribution in [0.3, 0.4) is 0 Å². The summed E-state index contributed by atoms with van der Waals surface area (Å²) in [6.07, 6.45) is 6.47. The third-order valence-corrected chi connectivity index (χ3v) is 12.7. The summed E-state index contributed by atoms with van der Waals surface area (Å²) in [6, 6.07) is 6.96. The van der Waals surface area contributed by atoms with Gasteiger partial charge in [0.25, 0.3) is 11.5 Å². The number of halogens is 2. The molecule has 0 spiro atoms. The van der Waals surface area contributed by atoms with Crippen molar-refractivity contribution in [1.29, 1.82) is 0 Å². The average molecular weight is 856 g/mol. The van der Waals surface area contributed by atoms with Gasteiger partial charge >= 0.3 is 0 Å². The maximum absolute atomic E-state index is 16.2. The number of benzene rings is 1. The van der Waals surface area contributed by atoms with Crippen LogP contribution in [0.4, 0.5) is 21.8 Å². The summed E-state index contributed by atoms with van der Waals surface area (Å²) in [6.45, 7) is 10.0. The number of piperidine rings is 3. The Labute approximate surface area is 357 Å². The van der Waals surface area contributed by atoms with E-state index in [0.29, 0.717) is 73.9 Å². The summed E-state index contributed by atoms with van der Waals surface area (Å²) < 4.78 is 24.9. The van der Waals surface area contributed by atoms with Crippen molar-refractivity contribution in [2.75, 3.05) is 56.6 Å². The molecule has 3 amide bonds. The number of likely N-dealkylation sites (N-methyl/N-ethyl adjacent to an activating group) is 1. The summed E-state index contributed by atoms with van der Waals surface area (Å²) in [7, 11) is 3.21. The normalized spacial score (nSPS) is 20.4. The summed E-state index contributed by atoms with van der Waals surface area (Å²) in [5.41, 5.74) is 2.32. The van der Waals surface area contributed by atoms with E-state index < -0.39 is 5.92 Å². The Balaban J connectivity index is 0.888. The second-order valence-electron chi connectivity index (χ2n) is 16.8. The molecular weight excluding hydrogens is 805 g/mol. The van der Waals surface area contributed by atoms with E-state index in [1.165, 1.54) is 16.3 Å². The van der Waals surface area contributed by atoms with Crippen molar-refractivity contribution in [1.82, 2.24) is 44.8 Å². The Morgan fingerprint density at radius 1 is 1.07 bits per heavy atom. The highest BCUT2D eigenvalue weighted by Gasteiger charge is 2.34. The fourth-order valence-corrected chi connectivity index (χ4v) is 9.24. The van der Waals surface area contributed by atoms with Crippen molar-refractivity contribution < 1.29 is 23.5 Å². The van der Waals surface area contributed by atoms with E-state index in [1.54, 1.807) is 25.5 Å². The van der Waals surface area contributed by atoms with Gasteiger partial charge in [0.05, 0.1) is 29.7 Å². The molecule has 3 fully saturated rings. The molecule has 322 valence electrons. The molecule has 0 bridgehead atoms. The molecule has 3 aliphatic rings. The van der Waals surface area contributed by atoms with Crippen molar-refractivity contribution >= 4 is 68.7 Å². The minimum atomic E-state index is -0.577. The number of carbonyl (C=O) groups is 3. The lowest BCUT2D eigenvalue weighted by Crippen LogP contribution is -2.45. The molecule has 0 aliphatic carbocycles. The molecular formula is C43H51ClFN11O5. The van der Waals surface area contributed by atoms with Crippen molar-refractivity contribution in [2.24, 2.45) is 18.9 Å². The zero-order valence-electron chi connectivity index (χ0n) is 35.0. The summed E-state index contributed by atoms with van der Waals surface area (Å²) >= 11 is 6.61. The average Bonchev–Trinajstić information content (AvgIpc) is 3.58. The number of amides is 3. The highest BCUT2D eigenvalue weighted by atomic mass is 35.5. The Bertz CT molecular complexity index is 2570. The predicted molar refractivity (Wildman–Crippen MR) is 230 cm³/mol. The number of aryl methyl sites for hydroxylation is 1. The molecule has 1 aromatic carbocycles. The van der Waals surface area contributed by atoms with Gasteiger partial charge in [0.1, 0.15) is 16.2 Å². The van der Waals surface area contributed by atoms with E-state index in [-0.39, 0.29) is 59.8 Å². The van der Waals surface area contributed by atoms with Gasteiger partial charge in [0.2, 0.25) is 17.8 Å². The van der Waals surface area contributed by atoms with Gasteiger partial charge in [-0.25, -0.2) is 14.4 Å². The molecule has 3 saturated heterocycles. The monoisotopic (exact) mass is 855 g/mol. The molecule has 16 nitrogen and oxygen atoms in total. The Morgan fingerprint density at radius 2 is 1.85 bits per heavy atom. The van der Waals surface area contributed by atoms with Crippen LogP contribution in [-0.4, -0.2) is 98.3 Å². The van der Waals surface area contributed by atoms with Crippen molar-refractivity contribution in [3.05, 3.63) is 69.1 Å². The van der Waals surface area contributed by atoms with Crippen molar-refractivity contribution in [3.63, 3.8) is 0 Å². The number of pyridine rings is 2. The summed E-state index contributed by atoms with van der Waals surface area (Å²) in [4.78, 5) is 68.1. The van der Waals surface area contributed by atoms with E-state index in [9.17, 15) is 19.2 Å². The number of nitrogens with one attached hydrogen (secondary N) is 3. The lowest BCUT2D eigenvalue weighted by atomic mass is 9.84. The molecule has 3 unspecified atom stereocenters. The largest absolute Gasteiger partial charge is 0.478 e. The minimum absolute atomic E-state index is 0.0482. The lowest BCUT2D eigenvalue weighted by molar-refractivity contribution is -0.134. The molecule has 18 heteroatoms. The molecule has 3 atom stereocenters. The molecule has 0 saturated carbocycles. The fourth-order valence-electron chi connectivity index (χ4n) is 9.10. The first kappa shape index (κ1) is 42.0. The van der Waals surface area contributed by atoms with Crippen LogP contribution < -0.4 is 31.1 Å². The molecule has 8 rings (SSSR count). The first-order valence-corrected chi connectivity index (χ1v) is 21.3. The van der Waals surface area contributed by atoms with Crippen LogP contribution in [0.5, 0.6) is 5.75 Å². The minimum Gasteiger partial charge on any atom is -0.478 e. The molecule has 3 aliphatic heterocycles. The maximum Gasteiger partial charge on any atom is 0.294 e. The number of fused-ring (bicyclic) bond motifs is 2. The number of nitrogens with zero attached hydrogens (tertiary/aromatic N) is 8. The van der Waals surface area contributed by atoms with E-state index in [0.717, 1.165) is 52.0 Å². The second-order valence-corrected chi connectivity index (χ2v) is 17.2. The van der Waals surface area contributed by atoms with Crippen LogP contribution in [-0.2, 0) is 21.4 Å². The van der Waals surface area contributed by atoms with Gasteiger partial charge in [-0.3, -0.25) is 33.7 Å². The number of carbonyl (C=O) groups excluding carboxylic acids is 3. The number of ether oxygens (including phenoxy) is 1. The first-order chi connectivity index (χ1) is 29.3. The van der Waals surface area contributed by atoms with Crippen molar-refractivity contribution in [3.8, 4) is 5.75 Å². The number of likely N-dealkylation sites (tertiary alicyclic amines) is 1. The standard InChI is InChI=1S/C43H51ClFN11O5/c1-23(2)56-40-27(17-33(42(56)60)61-22-35(58)46-4)16-28(18-47-40)49-39-32(44)19-48-43(51-39)55-15-12-26(24(3)20-55)21-54-13-10-25(11-14-54)29-6-7-30-37(52-53(5)38(30)36(29)45)31-8-9-34(57)50-41(31)59/h6-7,16-19,23-26,31H,8-15,20-22H2,1-5H3,(H,46,58)(H,48,49,51)(H,50,57,59). The number of hydrogen-bond acceptors (Lipinski definition) is 12. The highest BCUT2D eigenvalue weighted by Crippen LogP contribution is 2.38. The van der Waals surface area contributed by atoms with Crippen LogP contribution in [0.15, 0.2) is 41.5 Å². The molecule has 3 N–H and O–H groups in total. The van der Waals surface area contributed by atoms with E-state index >= 15 is 4.39 Å². The van der Waals surface area contributed by atoms with Crippen LogP contribution in [0.2, 0.25) is 5.02 Å². The van der Waals surface area contributed by atoms with E-state index in [4.69, 9.17) is 21.3 Å². The van der Waals surface area contributed by atoms with Gasteiger partial charge in [-0.05, 0) is 88.1 Å². The van der Waals surface area contributed by atoms with Gasteiger partial charge in [-0.2, -0.15) is 10.1 Å². The van der Waals surface area contributed by atoms with Crippen molar-refractivity contribution in [2.45, 2.75) is 70.8 Å². The number of aromatic nitrogens is 6. The van der Waals surface area contributed by atoms with E-state index in [1.807, 2.05) is 32.0 Å². The topological polar surface area (TPSA) is 181 Å². The van der Waals surface area contributed by atoms with Crippen LogP contribution >= 0.6 is 11.6 Å². The van der Waals surface area contributed by atoms with Crippen LogP contribution in [0, 0.1) is 17.7 Å². The molecule has 5 aromatic rings. The predicted octanol–water partition coefficient (Wildman–Crippen LogP) is 5.18. The molecule has 0 radical (unpaired) electrons. The Kier molecular flexibility index (Phi) is 12.0. The molecule has 7 heterocycles. The molecule has 61 heavy (non-hydrogen) atoms. The second kappa shape index (κ2) is 17.4. The van der Waals surface area contributed by atoms with Crippen LogP contribution in [0.25, 0.3) is 21.9 Å². The number of imide groups is 1. The fraction of sp³-hybridized carbons (Fsp3) is 0.488. The zero-order valence-corrected chi connectivity index (χ0v) is 35.8.